The van der Waals surface area contributed by atoms with Crippen molar-refractivity contribution in [2.75, 3.05) is 18.8 Å². The molecule has 0 aromatic heterocycles. The van der Waals surface area contributed by atoms with E-state index in [1.807, 2.05) is 19.9 Å². The van der Waals surface area contributed by atoms with Gasteiger partial charge in [0.05, 0.1) is 28.8 Å². The molecule has 21 heavy (non-hydrogen) atoms. The number of amides is 1. The lowest BCUT2D eigenvalue weighted by atomic mass is 10.2. The number of sulfone groups is 1. The molecule has 0 radical (unpaired) electrons. The van der Waals surface area contributed by atoms with Crippen LogP contribution in [0.3, 0.4) is 0 Å². The Morgan fingerprint density at radius 2 is 2.10 bits per heavy atom. The third-order valence-corrected chi connectivity index (χ3v) is 4.75. The first-order valence-electron chi connectivity index (χ1n) is 6.51. The number of nitriles is 1. The van der Waals surface area contributed by atoms with Gasteiger partial charge in [-0.3, -0.25) is 9.69 Å². The normalized spacial score (nSPS) is 11.6. The van der Waals surface area contributed by atoms with Gasteiger partial charge in [-0.05, 0) is 32.0 Å². The van der Waals surface area contributed by atoms with Crippen LogP contribution in [0.15, 0.2) is 29.2 Å². The van der Waals surface area contributed by atoms with Crippen LogP contribution in [0.4, 0.5) is 0 Å². The summed E-state index contributed by atoms with van der Waals surface area (Å²) in [5, 5.41) is 8.81. The molecule has 2 N–H and O–H groups in total. The second kappa shape index (κ2) is 7.20. The van der Waals surface area contributed by atoms with Crippen molar-refractivity contribution in [3.8, 4) is 6.07 Å². The Morgan fingerprint density at radius 3 is 2.62 bits per heavy atom. The Morgan fingerprint density at radius 1 is 1.43 bits per heavy atom. The van der Waals surface area contributed by atoms with E-state index in [-0.39, 0.29) is 29.8 Å². The van der Waals surface area contributed by atoms with Crippen molar-refractivity contribution < 1.29 is 13.2 Å². The number of hydrogen-bond acceptors (Lipinski definition) is 5. The van der Waals surface area contributed by atoms with E-state index in [4.69, 9.17) is 11.0 Å². The monoisotopic (exact) mass is 309 g/mol. The van der Waals surface area contributed by atoms with Crippen LogP contribution < -0.4 is 5.73 Å². The highest BCUT2D eigenvalue weighted by atomic mass is 32.2. The van der Waals surface area contributed by atoms with Crippen LogP contribution in [-0.2, 0) is 14.6 Å². The third kappa shape index (κ3) is 5.17. The van der Waals surface area contributed by atoms with Crippen molar-refractivity contribution in [2.45, 2.75) is 24.8 Å². The molecule has 0 heterocycles. The highest BCUT2D eigenvalue weighted by molar-refractivity contribution is 7.91. The van der Waals surface area contributed by atoms with Crippen LogP contribution in [0.5, 0.6) is 0 Å². The number of primary amides is 1. The first-order valence-corrected chi connectivity index (χ1v) is 8.17. The van der Waals surface area contributed by atoms with E-state index in [0.29, 0.717) is 5.56 Å². The van der Waals surface area contributed by atoms with Crippen molar-refractivity contribution in [3.63, 3.8) is 0 Å². The Kier molecular flexibility index (Phi) is 5.88. The number of benzene rings is 1. The van der Waals surface area contributed by atoms with Gasteiger partial charge in [-0.25, -0.2) is 8.42 Å². The summed E-state index contributed by atoms with van der Waals surface area (Å²) in [7, 11) is -3.50. The first kappa shape index (κ1) is 17.1. The zero-order chi connectivity index (χ0) is 16.0. The highest BCUT2D eigenvalue weighted by Gasteiger charge is 2.19. The van der Waals surface area contributed by atoms with Crippen LogP contribution in [0.2, 0.25) is 0 Å². The van der Waals surface area contributed by atoms with Crippen LogP contribution in [-0.4, -0.2) is 44.1 Å². The molecule has 1 rings (SSSR count). The topological polar surface area (TPSA) is 104 Å². The molecule has 1 aromatic carbocycles. The summed E-state index contributed by atoms with van der Waals surface area (Å²) in [6, 6.07) is 7.82. The molecule has 0 atom stereocenters. The molecule has 0 saturated heterocycles. The molecule has 6 nitrogen and oxygen atoms in total. The minimum Gasteiger partial charge on any atom is -0.369 e. The van der Waals surface area contributed by atoms with E-state index < -0.39 is 15.7 Å². The van der Waals surface area contributed by atoms with Crippen molar-refractivity contribution in [1.29, 1.82) is 5.26 Å². The average molecular weight is 309 g/mol. The van der Waals surface area contributed by atoms with Crippen LogP contribution in [0, 0.1) is 11.3 Å². The smallest absolute Gasteiger partial charge is 0.231 e. The lowest BCUT2D eigenvalue weighted by molar-refractivity contribution is -0.119. The van der Waals surface area contributed by atoms with Gasteiger partial charge in [0.15, 0.2) is 9.84 Å². The fourth-order valence-electron chi connectivity index (χ4n) is 1.83. The molecule has 0 aliphatic heterocycles. The predicted molar refractivity (Wildman–Crippen MR) is 79.1 cm³/mol. The van der Waals surface area contributed by atoms with Gasteiger partial charge in [-0.1, -0.05) is 6.07 Å². The lowest BCUT2D eigenvalue weighted by Gasteiger charge is -2.24. The van der Waals surface area contributed by atoms with Gasteiger partial charge in [-0.15, -0.1) is 0 Å². The Bertz CT molecular complexity index is 648. The van der Waals surface area contributed by atoms with Crippen molar-refractivity contribution in [3.05, 3.63) is 29.8 Å². The van der Waals surface area contributed by atoms with E-state index in [1.54, 1.807) is 11.0 Å². The Hall–Kier alpha value is -1.91. The summed E-state index contributed by atoms with van der Waals surface area (Å²) in [4.78, 5) is 12.8. The van der Waals surface area contributed by atoms with E-state index >= 15 is 0 Å². The molecule has 0 aliphatic carbocycles. The average Bonchev–Trinajstić information content (AvgIpc) is 2.43. The first-order chi connectivity index (χ1) is 9.76. The van der Waals surface area contributed by atoms with Gasteiger partial charge in [0, 0.05) is 12.6 Å². The third-order valence-electron chi connectivity index (χ3n) is 3.06. The molecular weight excluding hydrogens is 290 g/mol. The minimum absolute atomic E-state index is 0.0122. The fourth-order valence-corrected chi connectivity index (χ4v) is 3.14. The van der Waals surface area contributed by atoms with Gasteiger partial charge in [-0.2, -0.15) is 5.26 Å². The number of rotatable bonds is 7. The minimum atomic E-state index is -3.50. The van der Waals surface area contributed by atoms with Crippen LogP contribution >= 0.6 is 0 Å². The van der Waals surface area contributed by atoms with Gasteiger partial charge in [0.2, 0.25) is 5.91 Å². The number of carbonyl (C=O) groups excluding carboxylic acids is 1. The second-order valence-corrected chi connectivity index (χ2v) is 7.10. The van der Waals surface area contributed by atoms with E-state index in [2.05, 4.69) is 0 Å². The quantitative estimate of drug-likeness (QED) is 0.791. The number of carbonyl (C=O) groups is 1. The summed E-state index contributed by atoms with van der Waals surface area (Å²) in [6.07, 6.45) is 0. The molecule has 0 fully saturated rings. The van der Waals surface area contributed by atoms with E-state index in [0.717, 1.165) is 0 Å². The number of nitrogens with two attached hydrogens (primary N) is 1. The maximum Gasteiger partial charge on any atom is 0.231 e. The SMILES string of the molecule is CC(C)N(CCS(=O)(=O)c1cccc(C#N)c1)CC(N)=O. The molecule has 1 amide bonds. The van der Waals surface area contributed by atoms with E-state index in [9.17, 15) is 13.2 Å². The fraction of sp³-hybridized carbons (Fsp3) is 0.429. The molecule has 0 aliphatic rings. The lowest BCUT2D eigenvalue weighted by Crippen LogP contribution is -2.41. The summed E-state index contributed by atoms with van der Waals surface area (Å²) < 4.78 is 24.5. The highest BCUT2D eigenvalue weighted by Crippen LogP contribution is 2.13. The molecule has 0 saturated carbocycles. The zero-order valence-electron chi connectivity index (χ0n) is 12.1. The Balaban J connectivity index is 2.84. The standard InChI is InChI=1S/C14H19N3O3S/c1-11(2)17(10-14(16)18)6-7-21(19,20)13-5-3-4-12(8-13)9-15/h3-5,8,11H,6-7,10H2,1-2H3,(H2,16,18). The molecule has 1 aromatic rings. The number of hydrogen-bond donors (Lipinski definition) is 1. The predicted octanol–water partition coefficient (Wildman–Crippen LogP) is 0.528. The maximum absolute atomic E-state index is 12.3. The van der Waals surface area contributed by atoms with Crippen molar-refractivity contribution >= 4 is 15.7 Å². The molecular formula is C14H19N3O3S. The number of nitrogens with zero attached hydrogens (tertiary/aromatic N) is 2. The van der Waals surface area contributed by atoms with Crippen molar-refractivity contribution in [1.82, 2.24) is 4.90 Å². The van der Waals surface area contributed by atoms with Crippen LogP contribution in [0.1, 0.15) is 19.4 Å². The van der Waals surface area contributed by atoms with Crippen molar-refractivity contribution in [2.24, 2.45) is 5.73 Å². The maximum atomic E-state index is 12.3. The van der Waals surface area contributed by atoms with Gasteiger partial charge in [0.25, 0.3) is 0 Å². The summed E-state index contributed by atoms with van der Waals surface area (Å²) in [5.41, 5.74) is 5.45. The molecule has 0 unspecified atom stereocenters. The van der Waals surface area contributed by atoms with Gasteiger partial charge >= 0.3 is 0 Å². The Labute approximate surface area is 125 Å². The summed E-state index contributed by atoms with van der Waals surface area (Å²) >= 11 is 0. The van der Waals surface area contributed by atoms with Crippen LogP contribution in [0.25, 0.3) is 0 Å². The largest absolute Gasteiger partial charge is 0.369 e. The molecule has 7 heteroatoms. The zero-order valence-corrected chi connectivity index (χ0v) is 12.9. The van der Waals surface area contributed by atoms with Gasteiger partial charge < -0.3 is 5.73 Å². The molecule has 0 spiro atoms. The molecule has 0 bridgehead atoms. The summed E-state index contributed by atoms with van der Waals surface area (Å²) in [6.45, 7) is 3.96. The second-order valence-electron chi connectivity index (χ2n) is 4.99. The van der Waals surface area contributed by atoms with E-state index in [1.165, 1.54) is 18.2 Å². The van der Waals surface area contributed by atoms with Gasteiger partial charge in [0.1, 0.15) is 0 Å². The summed E-state index contributed by atoms with van der Waals surface area (Å²) in [5.74, 6) is -0.625. The molecule has 114 valence electrons.